The first kappa shape index (κ1) is 19.8. The first-order valence-electron chi connectivity index (χ1n) is 8.81. The molecule has 0 radical (unpaired) electrons. The van der Waals surface area contributed by atoms with E-state index in [2.05, 4.69) is 6.92 Å². The van der Waals surface area contributed by atoms with Gasteiger partial charge in [-0.1, -0.05) is 19.1 Å². The van der Waals surface area contributed by atoms with Gasteiger partial charge in [-0.3, -0.25) is 9.59 Å². The van der Waals surface area contributed by atoms with Crippen LogP contribution in [0.2, 0.25) is 0 Å². The summed E-state index contributed by atoms with van der Waals surface area (Å²) >= 11 is 0. The lowest BCUT2D eigenvalue weighted by molar-refractivity contribution is -0.136. The Morgan fingerprint density at radius 3 is 2.42 bits per heavy atom. The lowest BCUT2D eigenvalue weighted by atomic mass is 9.87. The Balaban J connectivity index is 1.89. The molecule has 0 aromatic heterocycles. The van der Waals surface area contributed by atoms with Gasteiger partial charge >= 0.3 is 5.97 Å². The Hall–Kier alpha value is -2.57. The van der Waals surface area contributed by atoms with Gasteiger partial charge in [0, 0.05) is 13.1 Å². The van der Waals surface area contributed by atoms with Crippen molar-refractivity contribution in [2.45, 2.75) is 38.6 Å². The van der Waals surface area contributed by atoms with Crippen molar-refractivity contribution in [1.82, 2.24) is 4.90 Å². The third-order valence-corrected chi connectivity index (χ3v) is 4.73. The molecule has 0 unspecified atom stereocenters. The molecule has 0 heterocycles. The van der Waals surface area contributed by atoms with Crippen LogP contribution in [0.4, 0.5) is 0 Å². The number of hydrogen-bond donors (Lipinski definition) is 1. The number of benzene rings is 1. The summed E-state index contributed by atoms with van der Waals surface area (Å²) < 4.78 is 10.4. The standard InChI is InChI=1S/C19H26N2O5/c1-13-7-9-14(10-8-13)21(2)18(23)12-26-19(24)15-5-3-4-6-16(15)25-11-17(20)22/h3-6,13-14H,7-12H2,1-2H3,(H2,20,22). The maximum Gasteiger partial charge on any atom is 0.342 e. The highest BCUT2D eigenvalue weighted by atomic mass is 16.5. The molecule has 0 atom stereocenters. The number of primary amides is 1. The fourth-order valence-electron chi connectivity index (χ4n) is 3.05. The van der Waals surface area contributed by atoms with Gasteiger partial charge in [-0.2, -0.15) is 0 Å². The lowest BCUT2D eigenvalue weighted by Crippen LogP contribution is -2.41. The Kier molecular flexibility index (Phi) is 7.00. The highest BCUT2D eigenvalue weighted by molar-refractivity contribution is 5.94. The molecule has 1 aliphatic rings. The second kappa shape index (κ2) is 9.22. The molecule has 7 heteroatoms. The van der Waals surface area contributed by atoms with E-state index in [4.69, 9.17) is 15.2 Å². The van der Waals surface area contributed by atoms with Crippen LogP contribution in [-0.2, 0) is 14.3 Å². The third-order valence-electron chi connectivity index (χ3n) is 4.73. The van der Waals surface area contributed by atoms with Gasteiger partial charge in [-0.15, -0.1) is 0 Å². The Morgan fingerprint density at radius 2 is 1.77 bits per heavy atom. The molecule has 2 amide bonds. The summed E-state index contributed by atoms with van der Waals surface area (Å²) in [4.78, 5) is 37.1. The predicted octanol–water partition coefficient (Wildman–Crippen LogP) is 1.74. The van der Waals surface area contributed by atoms with E-state index < -0.39 is 11.9 Å². The van der Waals surface area contributed by atoms with Gasteiger partial charge in [0.25, 0.3) is 11.8 Å². The van der Waals surface area contributed by atoms with Crippen molar-refractivity contribution in [1.29, 1.82) is 0 Å². The SMILES string of the molecule is CC1CCC(N(C)C(=O)COC(=O)c2ccccc2OCC(N)=O)CC1. The van der Waals surface area contributed by atoms with Crippen molar-refractivity contribution < 1.29 is 23.9 Å². The van der Waals surface area contributed by atoms with Crippen LogP contribution in [0.25, 0.3) is 0 Å². The van der Waals surface area contributed by atoms with E-state index in [-0.39, 0.29) is 36.5 Å². The van der Waals surface area contributed by atoms with E-state index in [1.54, 1.807) is 24.1 Å². The molecule has 1 aliphatic carbocycles. The number of likely N-dealkylation sites (N-methyl/N-ethyl adjacent to an activating group) is 1. The van der Waals surface area contributed by atoms with E-state index in [0.29, 0.717) is 5.92 Å². The molecule has 142 valence electrons. The zero-order valence-electron chi connectivity index (χ0n) is 15.3. The smallest absolute Gasteiger partial charge is 0.342 e. The fourth-order valence-corrected chi connectivity index (χ4v) is 3.05. The molecule has 0 bridgehead atoms. The van der Waals surface area contributed by atoms with Crippen molar-refractivity contribution in [2.75, 3.05) is 20.3 Å². The molecule has 1 aromatic rings. The Labute approximate surface area is 153 Å². The number of hydrogen-bond acceptors (Lipinski definition) is 5. The normalized spacial score (nSPS) is 19.5. The highest BCUT2D eigenvalue weighted by Crippen LogP contribution is 2.26. The summed E-state index contributed by atoms with van der Waals surface area (Å²) in [5.74, 6) is -0.660. The van der Waals surface area contributed by atoms with Gasteiger partial charge in [0.05, 0.1) is 0 Å². The molecular weight excluding hydrogens is 336 g/mol. The van der Waals surface area contributed by atoms with E-state index >= 15 is 0 Å². The molecule has 2 rings (SSSR count). The minimum atomic E-state index is -0.677. The van der Waals surface area contributed by atoms with Crippen LogP contribution < -0.4 is 10.5 Å². The first-order valence-corrected chi connectivity index (χ1v) is 8.81. The molecule has 0 aliphatic heterocycles. The second-order valence-electron chi connectivity index (χ2n) is 6.75. The van der Waals surface area contributed by atoms with Crippen molar-refractivity contribution in [3.05, 3.63) is 29.8 Å². The molecule has 0 saturated heterocycles. The summed E-state index contributed by atoms with van der Waals surface area (Å²) in [6.07, 6.45) is 4.15. The number of esters is 1. The van der Waals surface area contributed by atoms with Gasteiger partial charge in [0.2, 0.25) is 0 Å². The van der Waals surface area contributed by atoms with Gasteiger partial charge < -0.3 is 20.1 Å². The van der Waals surface area contributed by atoms with Crippen LogP contribution >= 0.6 is 0 Å². The first-order chi connectivity index (χ1) is 12.4. The number of carbonyl (C=O) groups excluding carboxylic acids is 3. The molecule has 1 fully saturated rings. The molecule has 2 N–H and O–H groups in total. The molecule has 0 spiro atoms. The maximum atomic E-state index is 12.3. The summed E-state index contributed by atoms with van der Waals surface area (Å²) in [5, 5.41) is 0. The Bertz CT molecular complexity index is 653. The van der Waals surface area contributed by atoms with E-state index in [1.165, 1.54) is 12.1 Å². The zero-order valence-corrected chi connectivity index (χ0v) is 15.3. The monoisotopic (exact) mass is 362 g/mol. The molecular formula is C19H26N2O5. The largest absolute Gasteiger partial charge is 0.483 e. The minimum absolute atomic E-state index is 0.149. The number of rotatable bonds is 7. The van der Waals surface area contributed by atoms with Crippen molar-refractivity contribution in [3.8, 4) is 5.75 Å². The lowest BCUT2D eigenvalue weighted by Gasteiger charge is -2.33. The van der Waals surface area contributed by atoms with Gasteiger partial charge in [-0.25, -0.2) is 4.79 Å². The summed E-state index contributed by atoms with van der Waals surface area (Å²) in [7, 11) is 1.75. The predicted molar refractivity (Wildman–Crippen MR) is 95.6 cm³/mol. The zero-order chi connectivity index (χ0) is 19.1. The topological polar surface area (TPSA) is 98.9 Å². The van der Waals surface area contributed by atoms with Crippen LogP contribution in [0.5, 0.6) is 5.75 Å². The Morgan fingerprint density at radius 1 is 1.12 bits per heavy atom. The van der Waals surface area contributed by atoms with Crippen molar-refractivity contribution in [2.24, 2.45) is 11.7 Å². The van der Waals surface area contributed by atoms with Crippen molar-refractivity contribution >= 4 is 17.8 Å². The van der Waals surface area contributed by atoms with Crippen LogP contribution in [-0.4, -0.2) is 49.0 Å². The third kappa shape index (κ3) is 5.47. The molecule has 26 heavy (non-hydrogen) atoms. The maximum absolute atomic E-state index is 12.3. The summed E-state index contributed by atoms with van der Waals surface area (Å²) in [6, 6.07) is 6.55. The minimum Gasteiger partial charge on any atom is -0.483 e. The number of amides is 2. The van der Waals surface area contributed by atoms with E-state index in [0.717, 1.165) is 25.7 Å². The van der Waals surface area contributed by atoms with Crippen LogP contribution in [0, 0.1) is 5.92 Å². The van der Waals surface area contributed by atoms with Crippen LogP contribution in [0.3, 0.4) is 0 Å². The van der Waals surface area contributed by atoms with Crippen LogP contribution in [0.1, 0.15) is 43.0 Å². The number of carbonyl (C=O) groups is 3. The van der Waals surface area contributed by atoms with E-state index in [1.807, 2.05) is 0 Å². The average Bonchev–Trinajstić information content (AvgIpc) is 2.64. The van der Waals surface area contributed by atoms with Crippen LogP contribution in [0.15, 0.2) is 24.3 Å². The number of nitrogens with zero attached hydrogens (tertiary/aromatic N) is 1. The van der Waals surface area contributed by atoms with Crippen molar-refractivity contribution in [3.63, 3.8) is 0 Å². The quantitative estimate of drug-likeness (QED) is 0.745. The van der Waals surface area contributed by atoms with Gasteiger partial charge in [0.15, 0.2) is 13.2 Å². The molecule has 7 nitrogen and oxygen atoms in total. The van der Waals surface area contributed by atoms with Gasteiger partial charge in [-0.05, 0) is 43.7 Å². The highest BCUT2D eigenvalue weighted by Gasteiger charge is 2.25. The summed E-state index contributed by atoms with van der Waals surface area (Å²) in [6.45, 7) is 1.55. The second-order valence-corrected chi connectivity index (χ2v) is 6.75. The fraction of sp³-hybridized carbons (Fsp3) is 0.526. The molecule has 1 saturated carbocycles. The number of nitrogens with two attached hydrogens (primary N) is 1. The molecule has 1 aromatic carbocycles. The number of ether oxygens (including phenoxy) is 2. The van der Waals surface area contributed by atoms with Gasteiger partial charge in [0.1, 0.15) is 11.3 Å². The average molecular weight is 362 g/mol. The van der Waals surface area contributed by atoms with E-state index in [9.17, 15) is 14.4 Å². The summed E-state index contributed by atoms with van der Waals surface area (Å²) in [5.41, 5.74) is 5.20. The number of para-hydroxylation sites is 1.